The predicted molar refractivity (Wildman–Crippen MR) is 138 cm³/mol. The third-order valence-corrected chi connectivity index (χ3v) is 6.90. The number of benzene rings is 2. The molecule has 0 saturated heterocycles. The van der Waals surface area contributed by atoms with Gasteiger partial charge in [0.25, 0.3) is 11.8 Å². The number of nitrogens with one attached hydrogen (secondary N) is 2. The van der Waals surface area contributed by atoms with E-state index < -0.39 is 0 Å². The predicted octanol–water partition coefficient (Wildman–Crippen LogP) is 5.00. The number of thioether (sulfide) groups is 1. The van der Waals surface area contributed by atoms with Gasteiger partial charge in [0.15, 0.2) is 0 Å². The molecule has 33 heavy (non-hydrogen) atoms. The summed E-state index contributed by atoms with van der Waals surface area (Å²) in [6, 6.07) is 15.0. The molecule has 0 bridgehead atoms. The second-order valence-electron chi connectivity index (χ2n) is 7.49. The number of hydrogen-bond acceptors (Lipinski definition) is 6. The van der Waals surface area contributed by atoms with Crippen LogP contribution in [-0.4, -0.2) is 35.5 Å². The quantitative estimate of drug-likeness (QED) is 0.216. The largest absolute Gasteiger partial charge is 0.396 e. The first-order valence-corrected chi connectivity index (χ1v) is 12.6. The number of hydrazone groups is 1. The minimum atomic E-state index is -0.388. The zero-order valence-electron chi connectivity index (χ0n) is 18.6. The molecule has 2 amide bonds. The summed E-state index contributed by atoms with van der Waals surface area (Å²) in [6.45, 7) is 4.25. The van der Waals surface area contributed by atoms with Crippen LogP contribution in [0, 0.1) is 13.8 Å². The molecular formula is C25H27N3O3S2. The average molecular weight is 482 g/mol. The molecule has 0 atom stereocenters. The maximum Gasteiger partial charge on any atom is 0.274 e. The fourth-order valence-corrected chi connectivity index (χ4v) is 4.66. The zero-order valence-corrected chi connectivity index (χ0v) is 20.3. The molecule has 0 aliphatic heterocycles. The van der Waals surface area contributed by atoms with Gasteiger partial charge in [-0.3, -0.25) is 9.59 Å². The lowest BCUT2D eigenvalue weighted by molar-refractivity contribution is 0.0956. The van der Waals surface area contributed by atoms with E-state index in [4.69, 9.17) is 5.11 Å². The van der Waals surface area contributed by atoms with Crippen LogP contribution < -0.4 is 10.7 Å². The molecule has 0 radical (unpaired) electrons. The Balaban J connectivity index is 1.60. The third kappa shape index (κ3) is 7.28. The van der Waals surface area contributed by atoms with Crippen molar-refractivity contribution >= 4 is 46.1 Å². The molecule has 172 valence electrons. The van der Waals surface area contributed by atoms with E-state index in [9.17, 15) is 9.59 Å². The van der Waals surface area contributed by atoms with Gasteiger partial charge in [0.1, 0.15) is 5.00 Å². The van der Waals surface area contributed by atoms with Crippen molar-refractivity contribution in [3.05, 3.63) is 87.3 Å². The van der Waals surface area contributed by atoms with Crippen LogP contribution in [0.2, 0.25) is 0 Å². The molecule has 8 heteroatoms. The second kappa shape index (κ2) is 12.3. The Morgan fingerprint density at radius 2 is 1.94 bits per heavy atom. The van der Waals surface area contributed by atoms with Gasteiger partial charge < -0.3 is 10.4 Å². The van der Waals surface area contributed by atoms with Gasteiger partial charge >= 0.3 is 0 Å². The van der Waals surface area contributed by atoms with Crippen LogP contribution >= 0.6 is 23.1 Å². The topological polar surface area (TPSA) is 90.8 Å². The monoisotopic (exact) mass is 481 g/mol. The number of thiophene rings is 1. The highest BCUT2D eigenvalue weighted by atomic mass is 32.2. The van der Waals surface area contributed by atoms with Crippen molar-refractivity contribution in [2.75, 3.05) is 17.7 Å². The highest BCUT2D eigenvalue weighted by molar-refractivity contribution is 7.98. The fourth-order valence-electron chi connectivity index (χ4n) is 2.99. The molecule has 0 aliphatic carbocycles. The summed E-state index contributed by atoms with van der Waals surface area (Å²) in [7, 11) is 0. The van der Waals surface area contributed by atoms with E-state index in [2.05, 4.69) is 15.8 Å². The number of anilines is 1. The van der Waals surface area contributed by atoms with Crippen molar-refractivity contribution in [1.29, 1.82) is 0 Å². The van der Waals surface area contributed by atoms with Crippen molar-refractivity contribution in [2.24, 2.45) is 5.10 Å². The van der Waals surface area contributed by atoms with Crippen LogP contribution in [0.4, 0.5) is 5.00 Å². The summed E-state index contributed by atoms with van der Waals surface area (Å²) in [5.74, 6) is 0.979. The number of rotatable bonds is 10. The minimum absolute atomic E-state index is 0.184. The van der Waals surface area contributed by atoms with E-state index in [0.717, 1.165) is 34.6 Å². The Morgan fingerprint density at radius 1 is 1.09 bits per heavy atom. The first kappa shape index (κ1) is 24.7. The van der Waals surface area contributed by atoms with Crippen molar-refractivity contribution in [2.45, 2.75) is 26.0 Å². The number of aliphatic hydroxyl groups is 1. The highest BCUT2D eigenvalue weighted by Crippen LogP contribution is 2.24. The van der Waals surface area contributed by atoms with Gasteiger partial charge in [0.05, 0.1) is 11.8 Å². The van der Waals surface area contributed by atoms with Gasteiger partial charge in [-0.25, -0.2) is 5.43 Å². The lowest BCUT2D eigenvalue weighted by Gasteiger charge is -2.08. The van der Waals surface area contributed by atoms with Gasteiger partial charge in [-0.1, -0.05) is 30.3 Å². The molecule has 0 saturated carbocycles. The van der Waals surface area contributed by atoms with E-state index in [1.165, 1.54) is 16.9 Å². The number of amides is 2. The van der Waals surface area contributed by atoms with Crippen LogP contribution in [0.3, 0.4) is 0 Å². The first-order valence-electron chi connectivity index (χ1n) is 10.5. The minimum Gasteiger partial charge on any atom is -0.396 e. The van der Waals surface area contributed by atoms with Gasteiger partial charge in [-0.05, 0) is 71.9 Å². The van der Waals surface area contributed by atoms with E-state index in [-0.39, 0.29) is 18.4 Å². The van der Waals surface area contributed by atoms with E-state index in [0.29, 0.717) is 16.1 Å². The van der Waals surface area contributed by atoms with Crippen molar-refractivity contribution in [1.82, 2.24) is 5.43 Å². The maximum atomic E-state index is 12.8. The molecule has 0 fully saturated rings. The average Bonchev–Trinajstić information content (AvgIpc) is 3.27. The number of hydrogen-bond donors (Lipinski definition) is 3. The SMILES string of the molecule is Cc1ccc(C=NNC(=O)c2ccsc2NC(=O)c2cccc(CSCCCO)c2)cc1C. The Hall–Kier alpha value is -2.94. The number of carbonyl (C=O) groups excluding carboxylic acids is 2. The van der Waals surface area contributed by atoms with Crippen LogP contribution in [0.15, 0.2) is 59.0 Å². The highest BCUT2D eigenvalue weighted by Gasteiger charge is 2.16. The maximum absolute atomic E-state index is 12.8. The Morgan fingerprint density at radius 3 is 2.73 bits per heavy atom. The molecular weight excluding hydrogens is 454 g/mol. The van der Waals surface area contributed by atoms with Gasteiger partial charge in [-0.2, -0.15) is 16.9 Å². The summed E-state index contributed by atoms with van der Waals surface area (Å²) in [5, 5.41) is 18.0. The molecule has 1 heterocycles. The fraction of sp³-hybridized carbons (Fsp3) is 0.240. The van der Waals surface area contributed by atoms with Crippen molar-refractivity contribution in [3.63, 3.8) is 0 Å². The zero-order chi connectivity index (χ0) is 23.6. The van der Waals surface area contributed by atoms with Crippen LogP contribution in [0.25, 0.3) is 0 Å². The summed E-state index contributed by atoms with van der Waals surface area (Å²) in [4.78, 5) is 25.4. The number of nitrogens with zero attached hydrogens (tertiary/aromatic N) is 1. The summed E-state index contributed by atoms with van der Waals surface area (Å²) >= 11 is 3.00. The van der Waals surface area contributed by atoms with E-state index in [1.807, 2.05) is 50.2 Å². The number of carbonyl (C=O) groups is 2. The van der Waals surface area contributed by atoms with E-state index in [1.54, 1.807) is 35.5 Å². The summed E-state index contributed by atoms with van der Waals surface area (Å²) in [5.41, 5.74) is 7.70. The first-order chi connectivity index (χ1) is 16.0. The van der Waals surface area contributed by atoms with Crippen LogP contribution in [-0.2, 0) is 5.75 Å². The molecule has 0 unspecified atom stereocenters. The van der Waals surface area contributed by atoms with Crippen molar-refractivity contribution < 1.29 is 14.7 Å². The van der Waals surface area contributed by atoms with Crippen molar-refractivity contribution in [3.8, 4) is 0 Å². The molecule has 2 aromatic carbocycles. The molecule has 3 aromatic rings. The van der Waals surface area contributed by atoms with Crippen LogP contribution in [0.1, 0.15) is 49.4 Å². The standard InChI is InChI=1S/C25H27N3O3S2/c1-17-7-8-19(13-18(17)2)15-26-28-24(31)22-9-12-33-25(22)27-23(30)21-6-3-5-20(14-21)16-32-11-4-10-29/h3,5-9,12-15,29H,4,10-11,16H2,1-2H3,(H,27,30)(H,28,31). The summed E-state index contributed by atoms with van der Waals surface area (Å²) in [6.07, 6.45) is 2.35. The third-order valence-electron chi connectivity index (χ3n) is 4.95. The number of aryl methyl sites for hydroxylation is 2. The summed E-state index contributed by atoms with van der Waals surface area (Å²) < 4.78 is 0. The molecule has 0 spiro atoms. The molecule has 0 aliphatic rings. The molecule has 1 aromatic heterocycles. The van der Waals surface area contributed by atoms with E-state index >= 15 is 0 Å². The smallest absolute Gasteiger partial charge is 0.274 e. The van der Waals surface area contributed by atoms with Gasteiger partial charge in [0.2, 0.25) is 0 Å². The Kier molecular flexibility index (Phi) is 9.24. The number of aliphatic hydroxyl groups excluding tert-OH is 1. The van der Waals surface area contributed by atoms with Gasteiger partial charge in [-0.15, -0.1) is 11.3 Å². The normalized spacial score (nSPS) is 11.0. The Bertz CT molecular complexity index is 1140. The molecule has 3 rings (SSSR count). The lowest BCUT2D eigenvalue weighted by atomic mass is 10.1. The lowest BCUT2D eigenvalue weighted by Crippen LogP contribution is -2.20. The molecule has 6 nitrogen and oxygen atoms in total. The second-order valence-corrected chi connectivity index (χ2v) is 9.51. The van der Waals surface area contributed by atoms with Crippen LogP contribution in [0.5, 0.6) is 0 Å². The molecule has 3 N–H and O–H groups in total. The van der Waals surface area contributed by atoms with Gasteiger partial charge in [0, 0.05) is 17.9 Å². The Labute approximate surface area is 202 Å².